The lowest BCUT2D eigenvalue weighted by molar-refractivity contribution is -0.122. The second-order valence-corrected chi connectivity index (χ2v) is 11.2. The van der Waals surface area contributed by atoms with Crippen molar-refractivity contribution in [2.75, 3.05) is 30.9 Å². The van der Waals surface area contributed by atoms with Crippen LogP contribution in [0.4, 0.5) is 5.82 Å². The fourth-order valence-electron chi connectivity index (χ4n) is 4.37. The highest BCUT2D eigenvalue weighted by atomic mass is 35.5. The molecule has 0 spiro atoms. The largest absolute Gasteiger partial charge is 0.497 e. The van der Waals surface area contributed by atoms with Crippen LogP contribution in [-0.4, -0.2) is 47.5 Å². The number of fused-ring (bicyclic) bond motifs is 1. The van der Waals surface area contributed by atoms with Crippen LogP contribution in [0, 0.1) is 0 Å². The first-order valence-electron chi connectivity index (χ1n) is 12.3. The molecule has 1 aliphatic rings. The van der Waals surface area contributed by atoms with Gasteiger partial charge in [-0.3, -0.25) is 14.5 Å². The Labute approximate surface area is 234 Å². The lowest BCUT2D eigenvalue weighted by Crippen LogP contribution is -2.42. The van der Waals surface area contributed by atoms with Crippen molar-refractivity contribution in [2.45, 2.75) is 18.6 Å². The summed E-state index contributed by atoms with van der Waals surface area (Å²) in [5, 5.41) is 10.5. The van der Waals surface area contributed by atoms with E-state index in [9.17, 15) is 9.59 Å². The van der Waals surface area contributed by atoms with Crippen LogP contribution < -0.4 is 15.0 Å². The van der Waals surface area contributed by atoms with E-state index in [1.165, 1.54) is 0 Å². The van der Waals surface area contributed by atoms with Crippen molar-refractivity contribution in [3.8, 4) is 22.7 Å². The van der Waals surface area contributed by atoms with Crippen LogP contribution >= 0.6 is 34.7 Å². The van der Waals surface area contributed by atoms with Crippen LogP contribution in [-0.2, 0) is 9.59 Å². The molecular formula is C28H27ClN4O3S2. The monoisotopic (exact) mass is 566 g/mol. The molecule has 1 atom stereocenters. The number of carbonyl (C=O) groups excluding carboxylic acids is 2. The van der Waals surface area contributed by atoms with Crippen molar-refractivity contribution in [3.05, 3.63) is 81.5 Å². The zero-order valence-corrected chi connectivity index (χ0v) is 23.4. The van der Waals surface area contributed by atoms with Gasteiger partial charge in [0.1, 0.15) is 18.1 Å². The van der Waals surface area contributed by atoms with Gasteiger partial charge in [0.2, 0.25) is 11.8 Å². The zero-order valence-electron chi connectivity index (χ0n) is 21.0. The van der Waals surface area contributed by atoms with E-state index >= 15 is 0 Å². The van der Waals surface area contributed by atoms with Gasteiger partial charge in [-0.1, -0.05) is 36.7 Å². The van der Waals surface area contributed by atoms with Crippen molar-refractivity contribution < 1.29 is 14.3 Å². The predicted octanol–water partition coefficient (Wildman–Crippen LogP) is 5.96. The molecule has 1 aliphatic heterocycles. The number of carbonyl (C=O) groups is 2. The summed E-state index contributed by atoms with van der Waals surface area (Å²) < 4.78 is 7.13. The van der Waals surface area contributed by atoms with Crippen molar-refractivity contribution in [1.82, 2.24) is 15.1 Å². The number of benzene rings is 2. The maximum absolute atomic E-state index is 13.6. The van der Waals surface area contributed by atoms with Crippen LogP contribution in [0.2, 0.25) is 5.02 Å². The molecule has 3 heterocycles. The molecule has 38 heavy (non-hydrogen) atoms. The number of rotatable bonds is 8. The van der Waals surface area contributed by atoms with Gasteiger partial charge in [-0.25, -0.2) is 4.68 Å². The van der Waals surface area contributed by atoms with Gasteiger partial charge in [-0.2, -0.15) is 5.10 Å². The molecule has 0 bridgehead atoms. The summed E-state index contributed by atoms with van der Waals surface area (Å²) >= 11 is 9.41. The first kappa shape index (κ1) is 26.3. The first-order chi connectivity index (χ1) is 18.5. The van der Waals surface area contributed by atoms with Gasteiger partial charge in [0, 0.05) is 27.6 Å². The van der Waals surface area contributed by atoms with E-state index in [4.69, 9.17) is 21.4 Å². The maximum Gasteiger partial charge on any atom is 0.240 e. The highest BCUT2D eigenvalue weighted by molar-refractivity contribution is 8.00. The lowest BCUT2D eigenvalue weighted by Gasteiger charge is -2.23. The minimum absolute atomic E-state index is 0.0918. The highest BCUT2D eigenvalue weighted by Gasteiger charge is 2.38. The Kier molecular flexibility index (Phi) is 8.06. The number of nitrogens with zero attached hydrogens (tertiary/aromatic N) is 3. The molecule has 0 saturated heterocycles. The fraction of sp³-hybridized carbons (Fsp3) is 0.250. The van der Waals surface area contributed by atoms with Gasteiger partial charge in [0.05, 0.1) is 29.5 Å². The number of hydrogen-bond donors (Lipinski definition) is 1. The Morgan fingerprint density at radius 1 is 1.16 bits per heavy atom. The first-order valence-corrected chi connectivity index (χ1v) is 14.6. The summed E-state index contributed by atoms with van der Waals surface area (Å²) in [5.74, 6) is 1.20. The number of methoxy groups -OCH3 is 1. The molecule has 0 radical (unpaired) electrons. The number of nitrogens with one attached hydrogen (secondary N) is 1. The second-order valence-electron chi connectivity index (χ2n) is 8.74. The van der Waals surface area contributed by atoms with Gasteiger partial charge in [0.15, 0.2) is 0 Å². The van der Waals surface area contributed by atoms with Gasteiger partial charge >= 0.3 is 0 Å². The molecule has 2 aromatic heterocycles. The molecule has 196 valence electrons. The number of halogens is 1. The average Bonchev–Trinajstić information content (AvgIpc) is 3.58. The van der Waals surface area contributed by atoms with Crippen LogP contribution in [0.25, 0.3) is 16.9 Å². The molecule has 4 aromatic rings. The minimum Gasteiger partial charge on any atom is -0.497 e. The Balaban J connectivity index is 1.76. The molecule has 0 aliphatic carbocycles. The van der Waals surface area contributed by atoms with Crippen LogP contribution in [0.5, 0.6) is 5.75 Å². The summed E-state index contributed by atoms with van der Waals surface area (Å²) in [5.41, 5.74) is 3.27. The third kappa shape index (κ3) is 5.32. The maximum atomic E-state index is 13.6. The topological polar surface area (TPSA) is 76.5 Å². The second kappa shape index (κ2) is 11.6. The molecule has 1 N–H and O–H groups in total. The molecule has 0 unspecified atom stereocenters. The Morgan fingerprint density at radius 2 is 1.92 bits per heavy atom. The van der Waals surface area contributed by atoms with Gasteiger partial charge in [-0.15, -0.1) is 23.1 Å². The van der Waals surface area contributed by atoms with E-state index in [0.29, 0.717) is 23.1 Å². The molecule has 5 rings (SSSR count). The Bertz CT molecular complexity index is 1420. The lowest BCUT2D eigenvalue weighted by atomic mass is 10.0. The van der Waals surface area contributed by atoms with Gasteiger partial charge < -0.3 is 10.1 Å². The van der Waals surface area contributed by atoms with E-state index in [2.05, 4.69) is 11.4 Å². The van der Waals surface area contributed by atoms with Crippen molar-refractivity contribution in [3.63, 3.8) is 0 Å². The summed E-state index contributed by atoms with van der Waals surface area (Å²) in [7, 11) is 1.62. The molecular weight excluding hydrogens is 540 g/mol. The van der Waals surface area contributed by atoms with Crippen LogP contribution in [0.15, 0.2) is 66.0 Å². The number of thiophene rings is 1. The Morgan fingerprint density at radius 3 is 2.58 bits per heavy atom. The highest BCUT2D eigenvalue weighted by Crippen LogP contribution is 2.49. The summed E-state index contributed by atoms with van der Waals surface area (Å²) in [6, 6.07) is 19.1. The van der Waals surface area contributed by atoms with Gasteiger partial charge in [0.25, 0.3) is 0 Å². The van der Waals surface area contributed by atoms with E-state index < -0.39 is 0 Å². The summed E-state index contributed by atoms with van der Waals surface area (Å²) in [4.78, 5) is 29.2. The van der Waals surface area contributed by atoms with E-state index in [0.717, 1.165) is 33.8 Å². The third-order valence-corrected chi connectivity index (χ3v) is 8.77. The fourth-order valence-corrected chi connectivity index (χ4v) is 6.67. The van der Waals surface area contributed by atoms with Crippen molar-refractivity contribution in [2.24, 2.45) is 0 Å². The smallest absolute Gasteiger partial charge is 0.240 e. The van der Waals surface area contributed by atoms with Crippen LogP contribution in [0.3, 0.4) is 0 Å². The Hall–Kier alpha value is -3.27. The van der Waals surface area contributed by atoms with E-state index in [-0.39, 0.29) is 29.4 Å². The molecule has 2 amide bonds. The summed E-state index contributed by atoms with van der Waals surface area (Å²) in [6.45, 7) is 2.45. The number of aromatic nitrogens is 2. The SMILES string of the molecule is CCCNC(=O)CN1C(=O)CS[C@@H](c2cccs2)c2c(-c3ccc(Cl)cc3)nn(-c3ccc(OC)cc3)c21. The summed E-state index contributed by atoms with van der Waals surface area (Å²) in [6.07, 6.45) is 0.811. The molecule has 10 heteroatoms. The molecule has 0 saturated carbocycles. The standard InChI is InChI=1S/C28H27ClN4O3S2/c1-3-14-30-23(34)16-32-24(35)17-38-27(22-5-4-15-37-22)25-26(18-6-8-19(29)9-7-18)31-33(28(25)32)20-10-12-21(36-2)13-11-20/h4-13,15,27H,3,14,16-17H2,1-2H3,(H,30,34)/t27-/m0/s1. The van der Waals surface area contributed by atoms with Crippen molar-refractivity contribution >= 4 is 52.3 Å². The number of hydrogen-bond acceptors (Lipinski definition) is 6. The van der Waals surface area contributed by atoms with Gasteiger partial charge in [-0.05, 0) is 54.3 Å². The van der Waals surface area contributed by atoms with E-state index in [1.54, 1.807) is 39.8 Å². The quantitative estimate of drug-likeness (QED) is 0.285. The zero-order chi connectivity index (χ0) is 26.6. The van der Waals surface area contributed by atoms with Crippen LogP contribution in [0.1, 0.15) is 29.0 Å². The molecule has 7 nitrogen and oxygen atoms in total. The predicted molar refractivity (Wildman–Crippen MR) is 155 cm³/mol. The average molecular weight is 567 g/mol. The van der Waals surface area contributed by atoms with Crippen molar-refractivity contribution in [1.29, 1.82) is 0 Å². The third-order valence-electron chi connectivity index (χ3n) is 6.20. The number of ether oxygens (including phenoxy) is 1. The number of thioether (sulfide) groups is 1. The minimum atomic E-state index is -0.207. The normalized spacial score (nSPS) is 15.2. The molecule has 2 aromatic carbocycles. The van der Waals surface area contributed by atoms with E-state index in [1.807, 2.05) is 66.9 Å². The number of amides is 2. The number of anilines is 1. The molecule has 0 fully saturated rings.